The fraction of sp³-hybridized carbons (Fsp3) is 0.579. The molecule has 0 unspecified atom stereocenters. The predicted octanol–water partition coefficient (Wildman–Crippen LogP) is 3.88. The van der Waals surface area contributed by atoms with Gasteiger partial charge in [0.05, 0.1) is 16.3 Å². The average Bonchev–Trinajstić information content (AvgIpc) is 3.32. The molecular formula is C19H25N3OS. The Hall–Kier alpha value is -1.46. The maximum Gasteiger partial charge on any atom is 0.221 e. The number of hydrogen-bond acceptors (Lipinski definition) is 4. The molecule has 24 heavy (non-hydrogen) atoms. The van der Waals surface area contributed by atoms with E-state index in [1.54, 1.807) is 11.3 Å². The summed E-state index contributed by atoms with van der Waals surface area (Å²) < 4.78 is 1.26. The monoisotopic (exact) mass is 343 g/mol. The number of amides is 1. The summed E-state index contributed by atoms with van der Waals surface area (Å²) in [6, 6.07) is 9.17. The van der Waals surface area contributed by atoms with E-state index in [0.717, 1.165) is 37.9 Å². The molecule has 2 aliphatic rings. The van der Waals surface area contributed by atoms with Gasteiger partial charge in [0.2, 0.25) is 5.91 Å². The molecule has 1 aromatic heterocycles. The van der Waals surface area contributed by atoms with Gasteiger partial charge in [-0.3, -0.25) is 9.69 Å². The summed E-state index contributed by atoms with van der Waals surface area (Å²) in [5.41, 5.74) is 1.10. The van der Waals surface area contributed by atoms with Gasteiger partial charge < -0.3 is 5.32 Å². The van der Waals surface area contributed by atoms with Crippen molar-refractivity contribution in [2.45, 2.75) is 57.0 Å². The van der Waals surface area contributed by atoms with Crippen molar-refractivity contribution in [1.29, 1.82) is 0 Å². The number of nitrogens with zero attached hydrogens (tertiary/aromatic N) is 2. The number of aromatic nitrogens is 1. The van der Waals surface area contributed by atoms with E-state index in [9.17, 15) is 4.79 Å². The van der Waals surface area contributed by atoms with Gasteiger partial charge in [-0.25, -0.2) is 4.98 Å². The van der Waals surface area contributed by atoms with Crippen molar-refractivity contribution >= 4 is 27.5 Å². The van der Waals surface area contributed by atoms with Crippen LogP contribution in [0.2, 0.25) is 0 Å². The Morgan fingerprint density at radius 3 is 2.88 bits per heavy atom. The molecule has 1 aliphatic heterocycles. The van der Waals surface area contributed by atoms with Gasteiger partial charge in [0.25, 0.3) is 0 Å². The van der Waals surface area contributed by atoms with Crippen LogP contribution in [0.3, 0.4) is 0 Å². The number of thiazole rings is 1. The Balaban J connectivity index is 1.36. The lowest BCUT2D eigenvalue weighted by Gasteiger charge is -2.22. The summed E-state index contributed by atoms with van der Waals surface area (Å²) in [6.45, 7) is 1.93. The van der Waals surface area contributed by atoms with Crippen LogP contribution in [0.5, 0.6) is 0 Å². The molecule has 2 fully saturated rings. The number of fused-ring (bicyclic) bond motifs is 1. The average molecular weight is 343 g/mol. The Bertz CT molecular complexity index is 674. The quantitative estimate of drug-likeness (QED) is 0.896. The van der Waals surface area contributed by atoms with Gasteiger partial charge in [0, 0.05) is 19.0 Å². The van der Waals surface area contributed by atoms with E-state index in [-0.39, 0.29) is 5.91 Å². The molecule has 0 spiro atoms. The molecule has 1 amide bonds. The Labute approximate surface area is 147 Å². The van der Waals surface area contributed by atoms with Crippen LogP contribution in [0.25, 0.3) is 10.2 Å². The number of benzene rings is 1. The molecule has 0 radical (unpaired) electrons. The minimum atomic E-state index is 0.219. The molecule has 5 heteroatoms. The fourth-order valence-electron chi connectivity index (χ4n) is 4.02. The lowest BCUT2D eigenvalue weighted by Crippen LogP contribution is -2.35. The van der Waals surface area contributed by atoms with Crippen LogP contribution in [0.15, 0.2) is 24.3 Å². The first kappa shape index (κ1) is 16.0. The van der Waals surface area contributed by atoms with Crippen molar-refractivity contribution in [3.8, 4) is 0 Å². The first-order chi connectivity index (χ1) is 11.8. The van der Waals surface area contributed by atoms with E-state index < -0.39 is 0 Å². The number of rotatable bonds is 5. The Morgan fingerprint density at radius 2 is 2.04 bits per heavy atom. The lowest BCUT2D eigenvalue weighted by molar-refractivity contribution is -0.122. The summed E-state index contributed by atoms with van der Waals surface area (Å²) in [4.78, 5) is 19.5. The highest BCUT2D eigenvalue weighted by Gasteiger charge is 2.29. The van der Waals surface area contributed by atoms with Gasteiger partial charge in [-0.05, 0) is 44.4 Å². The SMILES string of the molecule is O=C(CCN1CCC[C@@H]1c1nc2ccccc2s1)NC1CCCC1. The Kier molecular flexibility index (Phi) is 4.81. The molecule has 1 aromatic carbocycles. The maximum absolute atomic E-state index is 12.2. The molecule has 4 nitrogen and oxygen atoms in total. The summed E-state index contributed by atoms with van der Waals surface area (Å²) in [5.74, 6) is 0.219. The van der Waals surface area contributed by atoms with Crippen molar-refractivity contribution in [3.63, 3.8) is 0 Å². The summed E-state index contributed by atoms with van der Waals surface area (Å²) in [5, 5.41) is 4.41. The summed E-state index contributed by atoms with van der Waals surface area (Å²) in [6.07, 6.45) is 7.80. The van der Waals surface area contributed by atoms with Crippen LogP contribution >= 0.6 is 11.3 Å². The van der Waals surface area contributed by atoms with Gasteiger partial charge in [-0.2, -0.15) is 0 Å². The molecule has 1 N–H and O–H groups in total. The second kappa shape index (κ2) is 7.19. The molecule has 0 bridgehead atoms. The minimum absolute atomic E-state index is 0.219. The maximum atomic E-state index is 12.2. The first-order valence-electron chi connectivity index (χ1n) is 9.18. The van der Waals surface area contributed by atoms with Gasteiger partial charge in [0.15, 0.2) is 0 Å². The smallest absolute Gasteiger partial charge is 0.221 e. The molecule has 1 aliphatic carbocycles. The fourth-order valence-corrected chi connectivity index (χ4v) is 5.16. The molecule has 1 saturated heterocycles. The largest absolute Gasteiger partial charge is 0.353 e. The standard InChI is InChI=1S/C19H25N3OS/c23-18(20-14-6-1-2-7-14)11-13-22-12-5-9-16(22)19-21-15-8-3-4-10-17(15)24-19/h3-4,8,10,14,16H,1-2,5-7,9,11-13H2,(H,20,23)/t16-/m1/s1. The van der Waals surface area contributed by atoms with Crippen LogP contribution in [0.4, 0.5) is 0 Å². The van der Waals surface area contributed by atoms with E-state index in [4.69, 9.17) is 4.98 Å². The van der Waals surface area contributed by atoms with Gasteiger partial charge >= 0.3 is 0 Å². The third-order valence-corrected chi connectivity index (χ3v) is 6.44. The minimum Gasteiger partial charge on any atom is -0.353 e. The van der Waals surface area contributed by atoms with Gasteiger partial charge in [-0.1, -0.05) is 25.0 Å². The highest BCUT2D eigenvalue weighted by atomic mass is 32.1. The van der Waals surface area contributed by atoms with Crippen molar-refractivity contribution < 1.29 is 4.79 Å². The van der Waals surface area contributed by atoms with E-state index in [1.807, 2.05) is 6.07 Å². The molecular weight excluding hydrogens is 318 g/mol. The molecule has 128 valence electrons. The zero-order valence-corrected chi connectivity index (χ0v) is 14.9. The van der Waals surface area contributed by atoms with Gasteiger partial charge in [-0.15, -0.1) is 11.3 Å². The predicted molar refractivity (Wildman–Crippen MR) is 98.2 cm³/mol. The van der Waals surface area contributed by atoms with E-state index >= 15 is 0 Å². The zero-order chi connectivity index (χ0) is 16.4. The second-order valence-corrected chi connectivity index (χ2v) is 8.07. The van der Waals surface area contributed by atoms with E-state index in [1.165, 1.54) is 29.0 Å². The topological polar surface area (TPSA) is 45.2 Å². The number of likely N-dealkylation sites (tertiary alicyclic amines) is 1. The Morgan fingerprint density at radius 1 is 1.21 bits per heavy atom. The van der Waals surface area contributed by atoms with Crippen LogP contribution in [-0.4, -0.2) is 34.9 Å². The van der Waals surface area contributed by atoms with Crippen LogP contribution in [0.1, 0.15) is 56.0 Å². The van der Waals surface area contributed by atoms with Crippen molar-refractivity contribution in [1.82, 2.24) is 15.2 Å². The summed E-state index contributed by atoms with van der Waals surface area (Å²) >= 11 is 1.81. The highest BCUT2D eigenvalue weighted by Crippen LogP contribution is 2.36. The third kappa shape index (κ3) is 3.47. The van der Waals surface area contributed by atoms with Crippen LogP contribution in [0, 0.1) is 0 Å². The van der Waals surface area contributed by atoms with E-state index in [2.05, 4.69) is 28.4 Å². The van der Waals surface area contributed by atoms with Gasteiger partial charge in [0.1, 0.15) is 5.01 Å². The van der Waals surface area contributed by atoms with Crippen LogP contribution in [-0.2, 0) is 4.79 Å². The first-order valence-corrected chi connectivity index (χ1v) is 10.00. The second-order valence-electron chi connectivity index (χ2n) is 7.01. The molecule has 1 saturated carbocycles. The number of hydrogen-bond donors (Lipinski definition) is 1. The molecule has 4 rings (SSSR count). The number of carbonyl (C=O) groups is 1. The lowest BCUT2D eigenvalue weighted by atomic mass is 10.2. The number of nitrogens with one attached hydrogen (secondary N) is 1. The zero-order valence-electron chi connectivity index (χ0n) is 14.0. The molecule has 2 aromatic rings. The molecule has 1 atom stereocenters. The number of carbonyl (C=O) groups excluding carboxylic acids is 1. The summed E-state index contributed by atoms with van der Waals surface area (Å²) in [7, 11) is 0. The third-order valence-electron chi connectivity index (χ3n) is 5.31. The molecule has 2 heterocycles. The normalized spacial score (nSPS) is 22.4. The van der Waals surface area contributed by atoms with Crippen molar-refractivity contribution in [3.05, 3.63) is 29.3 Å². The van der Waals surface area contributed by atoms with Crippen molar-refractivity contribution in [2.75, 3.05) is 13.1 Å². The van der Waals surface area contributed by atoms with Crippen LogP contribution < -0.4 is 5.32 Å². The number of para-hydroxylation sites is 1. The van der Waals surface area contributed by atoms with E-state index in [0.29, 0.717) is 18.5 Å². The highest BCUT2D eigenvalue weighted by molar-refractivity contribution is 7.18. The van der Waals surface area contributed by atoms with Crippen molar-refractivity contribution in [2.24, 2.45) is 0 Å².